The van der Waals surface area contributed by atoms with Gasteiger partial charge in [-0.05, 0) is 47.7 Å². The number of amides is 1. The molecule has 0 radical (unpaired) electrons. The number of hydrogen-bond donors (Lipinski definition) is 1. The first-order valence-corrected chi connectivity index (χ1v) is 8.28. The van der Waals surface area contributed by atoms with Crippen LogP contribution in [0.3, 0.4) is 0 Å². The molecule has 132 valence electrons. The van der Waals surface area contributed by atoms with E-state index in [-0.39, 0.29) is 11.3 Å². The van der Waals surface area contributed by atoms with E-state index in [4.69, 9.17) is 0 Å². The quantitative estimate of drug-likeness (QED) is 0.365. The molecule has 0 heterocycles. The second-order valence-electron chi connectivity index (χ2n) is 5.63. The summed E-state index contributed by atoms with van der Waals surface area (Å²) in [5.74, 6) is -0.499. The van der Waals surface area contributed by atoms with Crippen molar-refractivity contribution in [2.45, 2.75) is 26.7 Å². The molecular formula is C20H19N3O3. The minimum absolute atomic E-state index is 0.0467. The summed E-state index contributed by atoms with van der Waals surface area (Å²) >= 11 is 0. The van der Waals surface area contributed by atoms with Gasteiger partial charge in [-0.1, -0.05) is 32.0 Å². The number of benzene rings is 2. The maximum absolute atomic E-state index is 12.5. The minimum atomic E-state index is -0.501. The summed E-state index contributed by atoms with van der Waals surface area (Å²) < 4.78 is 0. The summed E-state index contributed by atoms with van der Waals surface area (Å²) in [6.45, 7) is 4.00. The number of nitrogens with one attached hydrogen (secondary N) is 1. The maximum atomic E-state index is 12.5. The number of nitro groups is 1. The number of carbonyl (C=O) groups excluding carboxylic acids is 1. The van der Waals surface area contributed by atoms with Crippen molar-refractivity contribution in [1.29, 1.82) is 5.26 Å². The standard InChI is InChI=1S/C20H19N3O3/c1-3-15-6-5-7-16(4-2)19(15)22-20(24)17(13-21)12-14-8-10-18(11-9-14)23(25)26/h5-12H,3-4H2,1-2H3,(H,22,24)/b17-12-. The first-order valence-electron chi connectivity index (χ1n) is 8.28. The lowest BCUT2D eigenvalue weighted by molar-refractivity contribution is -0.384. The summed E-state index contributed by atoms with van der Waals surface area (Å²) in [4.78, 5) is 22.7. The highest BCUT2D eigenvalue weighted by Gasteiger charge is 2.14. The van der Waals surface area contributed by atoms with Crippen molar-refractivity contribution < 1.29 is 9.72 Å². The number of carbonyl (C=O) groups is 1. The molecule has 0 aromatic heterocycles. The number of nitro benzene ring substituents is 1. The Hall–Kier alpha value is -3.46. The molecule has 1 N–H and O–H groups in total. The summed E-state index contributed by atoms with van der Waals surface area (Å²) in [6.07, 6.45) is 2.94. The largest absolute Gasteiger partial charge is 0.321 e. The monoisotopic (exact) mass is 349 g/mol. The van der Waals surface area contributed by atoms with Crippen LogP contribution in [0, 0.1) is 21.4 Å². The molecule has 26 heavy (non-hydrogen) atoms. The Balaban J connectivity index is 2.30. The first kappa shape index (κ1) is 18.9. The van der Waals surface area contributed by atoms with Crippen molar-refractivity contribution in [3.63, 3.8) is 0 Å². The second-order valence-corrected chi connectivity index (χ2v) is 5.63. The van der Waals surface area contributed by atoms with Crippen molar-refractivity contribution in [2.24, 2.45) is 0 Å². The highest BCUT2D eigenvalue weighted by Crippen LogP contribution is 2.23. The molecule has 0 aliphatic heterocycles. The number of non-ortho nitro benzene ring substituents is 1. The highest BCUT2D eigenvalue weighted by molar-refractivity contribution is 6.10. The van der Waals surface area contributed by atoms with Gasteiger partial charge in [-0.25, -0.2) is 0 Å². The van der Waals surface area contributed by atoms with Gasteiger partial charge in [0.05, 0.1) is 4.92 Å². The number of rotatable bonds is 6. The molecule has 0 aliphatic carbocycles. The van der Waals surface area contributed by atoms with Gasteiger partial charge in [-0.2, -0.15) is 5.26 Å². The average molecular weight is 349 g/mol. The lowest BCUT2D eigenvalue weighted by Crippen LogP contribution is -2.16. The molecule has 6 heteroatoms. The van der Waals surface area contributed by atoms with E-state index in [1.807, 2.05) is 38.1 Å². The molecular weight excluding hydrogens is 330 g/mol. The minimum Gasteiger partial charge on any atom is -0.321 e. The molecule has 0 spiro atoms. The second kappa shape index (κ2) is 8.58. The van der Waals surface area contributed by atoms with Gasteiger partial charge in [0.15, 0.2) is 0 Å². The van der Waals surface area contributed by atoms with Crippen LogP contribution in [0.4, 0.5) is 11.4 Å². The Morgan fingerprint density at radius 1 is 1.15 bits per heavy atom. The zero-order chi connectivity index (χ0) is 19.1. The number of hydrogen-bond acceptors (Lipinski definition) is 4. The average Bonchev–Trinajstić information content (AvgIpc) is 2.66. The summed E-state index contributed by atoms with van der Waals surface area (Å²) in [5.41, 5.74) is 3.19. The van der Waals surface area contributed by atoms with Crippen LogP contribution in [0.15, 0.2) is 48.0 Å². The maximum Gasteiger partial charge on any atom is 0.269 e. The Labute approximate surface area is 151 Å². The first-order chi connectivity index (χ1) is 12.5. The summed E-state index contributed by atoms with van der Waals surface area (Å²) in [6, 6.07) is 13.4. The molecule has 2 aromatic rings. The van der Waals surface area contributed by atoms with Crippen molar-refractivity contribution in [3.8, 4) is 6.07 Å². The van der Waals surface area contributed by atoms with E-state index >= 15 is 0 Å². The van der Waals surface area contributed by atoms with E-state index < -0.39 is 10.8 Å². The van der Waals surface area contributed by atoms with Crippen LogP contribution in [0.5, 0.6) is 0 Å². The van der Waals surface area contributed by atoms with Crippen LogP contribution in [-0.4, -0.2) is 10.8 Å². The number of aryl methyl sites for hydroxylation is 2. The van der Waals surface area contributed by atoms with Gasteiger partial charge in [0.1, 0.15) is 11.6 Å². The van der Waals surface area contributed by atoms with Crippen molar-refractivity contribution in [3.05, 3.63) is 74.8 Å². The fourth-order valence-electron chi connectivity index (χ4n) is 2.59. The lowest BCUT2D eigenvalue weighted by atomic mass is 10.0. The molecule has 0 aliphatic rings. The zero-order valence-corrected chi connectivity index (χ0v) is 14.7. The Morgan fingerprint density at radius 3 is 2.19 bits per heavy atom. The normalized spacial score (nSPS) is 10.9. The van der Waals surface area contributed by atoms with E-state index in [0.29, 0.717) is 5.56 Å². The van der Waals surface area contributed by atoms with Crippen LogP contribution in [0.1, 0.15) is 30.5 Å². The van der Waals surface area contributed by atoms with E-state index in [9.17, 15) is 20.2 Å². The summed E-state index contributed by atoms with van der Waals surface area (Å²) in [5, 5.41) is 22.9. The molecule has 0 bridgehead atoms. The van der Waals surface area contributed by atoms with Crippen LogP contribution in [0.25, 0.3) is 6.08 Å². The molecule has 2 aromatic carbocycles. The van der Waals surface area contributed by atoms with Gasteiger partial charge in [-0.3, -0.25) is 14.9 Å². The highest BCUT2D eigenvalue weighted by atomic mass is 16.6. The topological polar surface area (TPSA) is 96.0 Å². The smallest absolute Gasteiger partial charge is 0.269 e. The van der Waals surface area contributed by atoms with Crippen LogP contribution < -0.4 is 5.32 Å². The molecule has 0 atom stereocenters. The number of nitriles is 1. The Morgan fingerprint density at radius 2 is 1.73 bits per heavy atom. The van der Waals surface area contributed by atoms with Gasteiger partial charge < -0.3 is 5.32 Å². The predicted octanol–water partition coefficient (Wildman–Crippen LogP) is 4.27. The molecule has 1 amide bonds. The molecule has 0 saturated carbocycles. The number of para-hydroxylation sites is 1. The zero-order valence-electron chi connectivity index (χ0n) is 14.7. The third-order valence-corrected chi connectivity index (χ3v) is 4.02. The van der Waals surface area contributed by atoms with E-state index in [2.05, 4.69) is 5.32 Å². The van der Waals surface area contributed by atoms with E-state index in [1.165, 1.54) is 30.3 Å². The fourth-order valence-corrected chi connectivity index (χ4v) is 2.59. The van der Waals surface area contributed by atoms with Crippen LogP contribution in [0.2, 0.25) is 0 Å². The number of anilines is 1. The molecule has 2 rings (SSSR count). The SMILES string of the molecule is CCc1cccc(CC)c1NC(=O)/C(C#N)=C\c1ccc([N+](=O)[O-])cc1. The van der Waals surface area contributed by atoms with Gasteiger partial charge in [0, 0.05) is 17.8 Å². The molecule has 0 fully saturated rings. The molecule has 6 nitrogen and oxygen atoms in total. The van der Waals surface area contributed by atoms with E-state index in [1.54, 1.807) is 0 Å². The van der Waals surface area contributed by atoms with E-state index in [0.717, 1.165) is 29.7 Å². The third-order valence-electron chi connectivity index (χ3n) is 4.02. The Kier molecular flexibility index (Phi) is 6.23. The molecule has 0 saturated heterocycles. The van der Waals surface area contributed by atoms with Gasteiger partial charge in [0.25, 0.3) is 11.6 Å². The summed E-state index contributed by atoms with van der Waals surface area (Å²) in [7, 11) is 0. The number of nitrogens with zero attached hydrogens (tertiary/aromatic N) is 2. The van der Waals surface area contributed by atoms with Gasteiger partial charge in [0.2, 0.25) is 0 Å². The third kappa shape index (κ3) is 4.33. The van der Waals surface area contributed by atoms with Crippen molar-refractivity contribution in [2.75, 3.05) is 5.32 Å². The van der Waals surface area contributed by atoms with Crippen molar-refractivity contribution >= 4 is 23.4 Å². The fraction of sp³-hybridized carbons (Fsp3) is 0.200. The van der Waals surface area contributed by atoms with Gasteiger partial charge >= 0.3 is 0 Å². The lowest BCUT2D eigenvalue weighted by Gasteiger charge is -2.14. The predicted molar refractivity (Wildman–Crippen MR) is 101 cm³/mol. The van der Waals surface area contributed by atoms with Crippen LogP contribution in [-0.2, 0) is 17.6 Å². The van der Waals surface area contributed by atoms with Gasteiger partial charge in [-0.15, -0.1) is 0 Å². The van der Waals surface area contributed by atoms with Crippen molar-refractivity contribution in [1.82, 2.24) is 0 Å². The Bertz CT molecular complexity index is 871. The van der Waals surface area contributed by atoms with Crippen LogP contribution >= 0.6 is 0 Å². The molecule has 0 unspecified atom stereocenters.